The normalized spacial score (nSPS) is 17.0. The van der Waals surface area contributed by atoms with E-state index in [1.807, 2.05) is 30.0 Å². The molecule has 0 bridgehead atoms. The number of pyridine rings is 1. The Morgan fingerprint density at radius 2 is 2.27 bits per heavy atom. The van der Waals surface area contributed by atoms with E-state index < -0.39 is 0 Å². The summed E-state index contributed by atoms with van der Waals surface area (Å²) >= 11 is 0. The molecule has 0 aromatic carbocycles. The summed E-state index contributed by atoms with van der Waals surface area (Å²) in [5, 5.41) is 7.88. The molecule has 3 aromatic rings. The molecule has 1 unspecified atom stereocenters. The van der Waals surface area contributed by atoms with Crippen molar-refractivity contribution in [2.45, 2.75) is 38.6 Å². The van der Waals surface area contributed by atoms with E-state index in [1.54, 1.807) is 12.4 Å². The smallest absolute Gasteiger partial charge is 0.227 e. The third-order valence-electron chi connectivity index (χ3n) is 4.49. The maximum Gasteiger partial charge on any atom is 0.227 e. The molecule has 8 nitrogen and oxygen atoms in total. The number of carbonyl (C=O) groups excluding carboxylic acids is 1. The molecule has 0 spiro atoms. The molecule has 1 fully saturated rings. The summed E-state index contributed by atoms with van der Waals surface area (Å²) in [5.41, 5.74) is 1.61. The van der Waals surface area contributed by atoms with Crippen molar-refractivity contribution in [1.29, 1.82) is 0 Å². The fourth-order valence-corrected chi connectivity index (χ4v) is 3.23. The van der Waals surface area contributed by atoms with Crippen LogP contribution in [0, 0.1) is 6.92 Å². The minimum atomic E-state index is -0.0302. The molecule has 0 saturated carbocycles. The van der Waals surface area contributed by atoms with Gasteiger partial charge in [-0.1, -0.05) is 10.3 Å². The van der Waals surface area contributed by atoms with Crippen molar-refractivity contribution in [2.24, 2.45) is 0 Å². The zero-order chi connectivity index (χ0) is 17.9. The number of hydrogen-bond acceptors (Lipinski definition) is 7. The van der Waals surface area contributed by atoms with Crippen LogP contribution in [-0.4, -0.2) is 37.6 Å². The molecule has 8 heteroatoms. The average Bonchev–Trinajstić information content (AvgIpc) is 3.40. The molecule has 0 N–H and O–H groups in total. The number of rotatable bonds is 5. The number of hydrogen-bond donors (Lipinski definition) is 0. The van der Waals surface area contributed by atoms with E-state index >= 15 is 0 Å². The predicted molar refractivity (Wildman–Crippen MR) is 90.8 cm³/mol. The molecule has 134 valence electrons. The largest absolute Gasteiger partial charge is 0.359 e. The number of nitrogens with zero attached hydrogens (tertiary/aromatic N) is 5. The summed E-state index contributed by atoms with van der Waals surface area (Å²) in [6.45, 7) is 2.61. The molecule has 0 radical (unpaired) electrons. The van der Waals surface area contributed by atoms with Crippen LogP contribution in [0.5, 0.6) is 0 Å². The highest BCUT2D eigenvalue weighted by molar-refractivity contribution is 5.77. The summed E-state index contributed by atoms with van der Waals surface area (Å²) in [5.74, 6) is 1.74. The van der Waals surface area contributed by atoms with E-state index in [1.165, 1.54) is 0 Å². The maximum atomic E-state index is 12.6. The van der Waals surface area contributed by atoms with Gasteiger partial charge in [0.25, 0.3) is 0 Å². The van der Waals surface area contributed by atoms with E-state index in [9.17, 15) is 4.79 Å². The van der Waals surface area contributed by atoms with Gasteiger partial charge < -0.3 is 13.9 Å². The monoisotopic (exact) mass is 353 g/mol. The molecule has 1 aliphatic rings. The molecule has 1 amide bonds. The Labute approximate surface area is 150 Å². The fourth-order valence-electron chi connectivity index (χ4n) is 3.23. The number of aromatic nitrogens is 4. The third-order valence-corrected chi connectivity index (χ3v) is 4.49. The lowest BCUT2D eigenvalue weighted by molar-refractivity contribution is -0.132. The Kier molecular flexibility index (Phi) is 4.47. The molecular formula is C18H19N5O3. The van der Waals surface area contributed by atoms with Gasteiger partial charge in [-0.2, -0.15) is 4.98 Å². The van der Waals surface area contributed by atoms with Crippen LogP contribution in [0.3, 0.4) is 0 Å². The summed E-state index contributed by atoms with van der Waals surface area (Å²) in [4.78, 5) is 22.9. The number of aryl methyl sites for hydroxylation is 2. The van der Waals surface area contributed by atoms with Crippen LogP contribution in [0.2, 0.25) is 0 Å². The Hall–Kier alpha value is -3.03. The molecular weight excluding hydrogens is 334 g/mol. The van der Waals surface area contributed by atoms with E-state index in [0.717, 1.165) is 36.4 Å². The van der Waals surface area contributed by atoms with Crippen LogP contribution in [-0.2, 0) is 11.2 Å². The minimum absolute atomic E-state index is 0.0302. The maximum absolute atomic E-state index is 12.6. The summed E-state index contributed by atoms with van der Waals surface area (Å²) in [6.07, 6.45) is 5.94. The first kappa shape index (κ1) is 16.4. The SMILES string of the molecule is Cc1cc(C2CCCN2C(=O)CCc2nc(-c3cccnc3)no2)on1. The molecule has 1 aliphatic heterocycles. The molecule has 1 saturated heterocycles. The van der Waals surface area contributed by atoms with Gasteiger partial charge in [-0.25, -0.2) is 0 Å². The Balaban J connectivity index is 1.39. The molecule has 1 atom stereocenters. The highest BCUT2D eigenvalue weighted by Crippen LogP contribution is 2.32. The Morgan fingerprint density at radius 1 is 1.35 bits per heavy atom. The van der Waals surface area contributed by atoms with Gasteiger partial charge in [-0.3, -0.25) is 9.78 Å². The quantitative estimate of drug-likeness (QED) is 0.695. The van der Waals surface area contributed by atoms with Crippen LogP contribution in [0.15, 0.2) is 39.6 Å². The van der Waals surface area contributed by atoms with Crippen molar-refractivity contribution in [1.82, 2.24) is 25.2 Å². The molecule has 4 rings (SSSR count). The topological polar surface area (TPSA) is 98.2 Å². The Morgan fingerprint density at radius 3 is 3.04 bits per heavy atom. The van der Waals surface area contributed by atoms with E-state index in [0.29, 0.717) is 24.6 Å². The molecule has 26 heavy (non-hydrogen) atoms. The van der Waals surface area contributed by atoms with E-state index in [4.69, 9.17) is 9.05 Å². The van der Waals surface area contributed by atoms with Gasteiger partial charge in [0.05, 0.1) is 11.7 Å². The van der Waals surface area contributed by atoms with Crippen molar-refractivity contribution in [3.8, 4) is 11.4 Å². The van der Waals surface area contributed by atoms with Gasteiger partial charge >= 0.3 is 0 Å². The second-order valence-electron chi connectivity index (χ2n) is 6.37. The van der Waals surface area contributed by atoms with Crippen LogP contribution in [0.25, 0.3) is 11.4 Å². The second-order valence-corrected chi connectivity index (χ2v) is 6.37. The first-order valence-electron chi connectivity index (χ1n) is 8.66. The van der Waals surface area contributed by atoms with Crippen molar-refractivity contribution in [3.05, 3.63) is 47.9 Å². The lowest BCUT2D eigenvalue weighted by Crippen LogP contribution is -2.30. The standard InChI is InChI=1S/C18H19N5O3/c1-12-10-15(25-21-12)14-5-3-9-23(14)17(24)7-6-16-20-18(22-26-16)13-4-2-8-19-11-13/h2,4,8,10-11,14H,3,5-7,9H2,1H3. The number of carbonyl (C=O) groups is 1. The molecule has 4 heterocycles. The summed E-state index contributed by atoms with van der Waals surface area (Å²) in [6, 6.07) is 5.54. The summed E-state index contributed by atoms with van der Waals surface area (Å²) in [7, 11) is 0. The number of likely N-dealkylation sites (tertiary alicyclic amines) is 1. The third kappa shape index (κ3) is 3.35. The highest BCUT2D eigenvalue weighted by Gasteiger charge is 2.32. The van der Waals surface area contributed by atoms with Gasteiger partial charge in [0, 0.05) is 43.4 Å². The second kappa shape index (κ2) is 7.07. The van der Waals surface area contributed by atoms with Gasteiger partial charge in [0.1, 0.15) is 0 Å². The van der Waals surface area contributed by atoms with Crippen LogP contribution in [0.4, 0.5) is 0 Å². The Bertz CT molecular complexity index is 889. The number of amides is 1. The highest BCUT2D eigenvalue weighted by atomic mass is 16.5. The van der Waals surface area contributed by atoms with Crippen LogP contribution >= 0.6 is 0 Å². The minimum Gasteiger partial charge on any atom is -0.359 e. The van der Waals surface area contributed by atoms with Gasteiger partial charge in [-0.15, -0.1) is 0 Å². The molecule has 0 aliphatic carbocycles. The molecule has 3 aromatic heterocycles. The van der Waals surface area contributed by atoms with Gasteiger partial charge in [0.15, 0.2) is 5.76 Å². The van der Waals surface area contributed by atoms with E-state index in [-0.39, 0.29) is 11.9 Å². The summed E-state index contributed by atoms with van der Waals surface area (Å²) < 4.78 is 10.6. The zero-order valence-electron chi connectivity index (χ0n) is 14.5. The van der Waals surface area contributed by atoms with Crippen molar-refractivity contribution >= 4 is 5.91 Å². The van der Waals surface area contributed by atoms with Crippen molar-refractivity contribution in [2.75, 3.05) is 6.54 Å². The predicted octanol–water partition coefficient (Wildman–Crippen LogP) is 2.72. The van der Waals surface area contributed by atoms with Crippen molar-refractivity contribution < 1.29 is 13.8 Å². The first-order valence-corrected chi connectivity index (χ1v) is 8.66. The lowest BCUT2D eigenvalue weighted by atomic mass is 10.1. The van der Waals surface area contributed by atoms with Crippen LogP contribution < -0.4 is 0 Å². The zero-order valence-corrected chi connectivity index (χ0v) is 14.5. The average molecular weight is 353 g/mol. The van der Waals surface area contributed by atoms with Gasteiger partial charge in [-0.05, 0) is 31.9 Å². The van der Waals surface area contributed by atoms with Crippen LogP contribution in [0.1, 0.15) is 42.6 Å². The van der Waals surface area contributed by atoms with E-state index in [2.05, 4.69) is 20.3 Å². The first-order chi connectivity index (χ1) is 12.7. The fraction of sp³-hybridized carbons (Fsp3) is 0.389. The lowest BCUT2D eigenvalue weighted by Gasteiger charge is -2.22. The van der Waals surface area contributed by atoms with Gasteiger partial charge in [0.2, 0.25) is 17.6 Å². The van der Waals surface area contributed by atoms with Crippen molar-refractivity contribution in [3.63, 3.8) is 0 Å².